The molecule has 6 heteroatoms. The van der Waals surface area contributed by atoms with Crippen molar-refractivity contribution < 1.29 is 13.6 Å². The van der Waals surface area contributed by atoms with Crippen LogP contribution in [0.1, 0.15) is 28.9 Å². The number of halogens is 2. The number of nitrogens with zero attached hydrogens (tertiary/aromatic N) is 1. The predicted octanol–water partition coefficient (Wildman–Crippen LogP) is 6.40. The van der Waals surface area contributed by atoms with E-state index in [1.165, 1.54) is 12.1 Å². The minimum absolute atomic E-state index is 0.260. The van der Waals surface area contributed by atoms with Gasteiger partial charge in [0.2, 0.25) is 5.89 Å². The van der Waals surface area contributed by atoms with Crippen molar-refractivity contribution in [2.45, 2.75) is 13.0 Å². The van der Waals surface area contributed by atoms with E-state index in [1.54, 1.807) is 36.5 Å². The van der Waals surface area contributed by atoms with Crippen molar-refractivity contribution >= 4 is 21.8 Å². The first-order valence-electron chi connectivity index (χ1n) is 9.39. The van der Waals surface area contributed by atoms with Gasteiger partial charge in [-0.1, -0.05) is 52.3 Å². The third-order valence-electron chi connectivity index (χ3n) is 4.73. The molecule has 0 aliphatic carbocycles. The second-order valence-corrected chi connectivity index (χ2v) is 7.75. The zero-order chi connectivity index (χ0) is 21.1. The van der Waals surface area contributed by atoms with E-state index in [-0.39, 0.29) is 17.8 Å². The number of oxazole rings is 1. The van der Waals surface area contributed by atoms with Crippen molar-refractivity contribution in [3.05, 3.63) is 100 Å². The molecule has 1 amide bonds. The molecule has 4 rings (SSSR count). The van der Waals surface area contributed by atoms with Crippen LogP contribution in [0.2, 0.25) is 0 Å². The Bertz CT molecular complexity index is 1190. The number of hydrogen-bond donors (Lipinski definition) is 1. The molecule has 4 aromatic rings. The molecule has 0 saturated carbocycles. The van der Waals surface area contributed by atoms with Crippen molar-refractivity contribution in [1.82, 2.24) is 10.3 Å². The van der Waals surface area contributed by atoms with E-state index in [2.05, 4.69) is 26.2 Å². The average Bonchev–Trinajstić information content (AvgIpc) is 3.24. The van der Waals surface area contributed by atoms with Crippen LogP contribution >= 0.6 is 15.9 Å². The molecule has 4 nitrogen and oxygen atoms in total. The molecular formula is C24H18BrFN2O2. The molecular weight excluding hydrogens is 447 g/mol. The van der Waals surface area contributed by atoms with Crippen molar-refractivity contribution in [2.75, 3.05) is 0 Å². The number of amides is 1. The van der Waals surface area contributed by atoms with Gasteiger partial charge in [-0.15, -0.1) is 0 Å². The largest absolute Gasteiger partial charge is 0.436 e. The van der Waals surface area contributed by atoms with Crippen LogP contribution in [-0.2, 0) is 0 Å². The molecule has 1 heterocycles. The topological polar surface area (TPSA) is 55.1 Å². The molecule has 0 spiro atoms. The van der Waals surface area contributed by atoms with E-state index in [0.29, 0.717) is 22.8 Å². The minimum Gasteiger partial charge on any atom is -0.436 e. The summed E-state index contributed by atoms with van der Waals surface area (Å²) >= 11 is 3.45. The maximum atomic E-state index is 13.2. The summed E-state index contributed by atoms with van der Waals surface area (Å²) in [7, 11) is 0. The van der Waals surface area contributed by atoms with Crippen LogP contribution in [0, 0.1) is 5.82 Å². The van der Waals surface area contributed by atoms with Crippen molar-refractivity contribution in [3.63, 3.8) is 0 Å². The number of carbonyl (C=O) groups is 1. The quantitative estimate of drug-likeness (QED) is 0.371. The number of aromatic nitrogens is 1. The van der Waals surface area contributed by atoms with E-state index >= 15 is 0 Å². The first kappa shape index (κ1) is 20.0. The van der Waals surface area contributed by atoms with Gasteiger partial charge in [-0.2, -0.15) is 0 Å². The van der Waals surface area contributed by atoms with Crippen molar-refractivity contribution in [3.8, 4) is 22.8 Å². The highest BCUT2D eigenvalue weighted by molar-refractivity contribution is 9.10. The van der Waals surface area contributed by atoms with Gasteiger partial charge in [0, 0.05) is 15.6 Å². The molecule has 0 radical (unpaired) electrons. The standard InChI is InChI=1S/C24H18BrFN2O2/c1-15(16-9-11-19(26)12-10-16)28-23(29)20-7-2-3-8-21(20)24-27-14-22(30-24)17-5-4-6-18(25)13-17/h2-15H,1H3,(H,28,29)/t15-/m0/s1. The van der Waals surface area contributed by atoms with Gasteiger partial charge in [0.05, 0.1) is 17.8 Å². The summed E-state index contributed by atoms with van der Waals surface area (Å²) in [6.45, 7) is 1.85. The molecule has 1 atom stereocenters. The normalized spacial score (nSPS) is 11.8. The predicted molar refractivity (Wildman–Crippen MR) is 117 cm³/mol. The zero-order valence-corrected chi connectivity index (χ0v) is 17.7. The van der Waals surface area contributed by atoms with Crippen LogP contribution in [0.3, 0.4) is 0 Å². The van der Waals surface area contributed by atoms with E-state index in [1.807, 2.05) is 37.3 Å². The molecule has 3 aromatic carbocycles. The summed E-state index contributed by atoms with van der Waals surface area (Å²) in [5, 5.41) is 2.95. The van der Waals surface area contributed by atoms with E-state index in [9.17, 15) is 9.18 Å². The van der Waals surface area contributed by atoms with Gasteiger partial charge in [-0.05, 0) is 48.9 Å². The smallest absolute Gasteiger partial charge is 0.252 e. The Kier molecular flexibility index (Phi) is 5.77. The molecule has 0 fully saturated rings. The van der Waals surface area contributed by atoms with Crippen molar-refractivity contribution in [1.29, 1.82) is 0 Å². The van der Waals surface area contributed by atoms with Gasteiger partial charge in [-0.3, -0.25) is 4.79 Å². The highest BCUT2D eigenvalue weighted by Crippen LogP contribution is 2.29. The first-order valence-corrected chi connectivity index (χ1v) is 10.2. The van der Waals surface area contributed by atoms with Crippen LogP contribution in [0.5, 0.6) is 0 Å². The molecule has 0 aliphatic rings. The molecule has 30 heavy (non-hydrogen) atoms. The molecule has 0 saturated heterocycles. The van der Waals surface area contributed by atoms with Gasteiger partial charge in [0.15, 0.2) is 5.76 Å². The Morgan fingerprint density at radius 3 is 2.60 bits per heavy atom. The minimum atomic E-state index is -0.312. The Labute approximate surface area is 181 Å². The highest BCUT2D eigenvalue weighted by Gasteiger charge is 2.19. The lowest BCUT2D eigenvalue weighted by Gasteiger charge is -2.15. The molecule has 0 bridgehead atoms. The van der Waals surface area contributed by atoms with Gasteiger partial charge in [0.25, 0.3) is 5.91 Å². The summed E-state index contributed by atoms with van der Waals surface area (Å²) in [6, 6.07) is 20.7. The van der Waals surface area contributed by atoms with E-state index in [0.717, 1.165) is 15.6 Å². The van der Waals surface area contributed by atoms with Gasteiger partial charge in [0.1, 0.15) is 5.82 Å². The monoisotopic (exact) mass is 464 g/mol. The van der Waals surface area contributed by atoms with Crippen LogP contribution in [0.15, 0.2) is 87.9 Å². The number of nitrogens with one attached hydrogen (secondary N) is 1. The Balaban J connectivity index is 1.60. The maximum absolute atomic E-state index is 13.2. The maximum Gasteiger partial charge on any atom is 0.252 e. The summed E-state index contributed by atoms with van der Waals surface area (Å²) in [5.41, 5.74) is 2.75. The van der Waals surface area contributed by atoms with E-state index < -0.39 is 0 Å². The SMILES string of the molecule is C[C@H](NC(=O)c1ccccc1-c1ncc(-c2cccc(Br)c2)o1)c1ccc(F)cc1. The number of rotatable bonds is 5. The molecule has 1 N–H and O–H groups in total. The first-order chi connectivity index (χ1) is 14.5. The van der Waals surface area contributed by atoms with Crippen molar-refractivity contribution in [2.24, 2.45) is 0 Å². The molecule has 0 unspecified atom stereocenters. The Morgan fingerprint density at radius 2 is 1.83 bits per heavy atom. The fraction of sp³-hybridized carbons (Fsp3) is 0.0833. The van der Waals surface area contributed by atoms with Crippen LogP contribution in [-0.4, -0.2) is 10.9 Å². The summed E-state index contributed by atoms with van der Waals surface area (Å²) in [5.74, 6) is 0.406. The van der Waals surface area contributed by atoms with Crippen LogP contribution < -0.4 is 5.32 Å². The lowest BCUT2D eigenvalue weighted by atomic mass is 10.0. The highest BCUT2D eigenvalue weighted by atomic mass is 79.9. The Morgan fingerprint density at radius 1 is 1.07 bits per heavy atom. The second-order valence-electron chi connectivity index (χ2n) is 6.83. The number of benzene rings is 3. The van der Waals surface area contributed by atoms with Gasteiger partial charge >= 0.3 is 0 Å². The third kappa shape index (κ3) is 4.33. The second kappa shape index (κ2) is 8.63. The lowest BCUT2D eigenvalue weighted by molar-refractivity contribution is 0.0940. The number of carbonyl (C=O) groups excluding carboxylic acids is 1. The molecule has 150 valence electrons. The summed E-state index contributed by atoms with van der Waals surface area (Å²) < 4.78 is 20.0. The third-order valence-corrected chi connectivity index (χ3v) is 5.23. The fourth-order valence-electron chi connectivity index (χ4n) is 3.15. The summed E-state index contributed by atoms with van der Waals surface area (Å²) in [4.78, 5) is 17.3. The Hall–Kier alpha value is -3.25. The van der Waals surface area contributed by atoms with Gasteiger partial charge in [-0.25, -0.2) is 9.37 Å². The average molecular weight is 465 g/mol. The number of hydrogen-bond acceptors (Lipinski definition) is 3. The fourth-order valence-corrected chi connectivity index (χ4v) is 3.55. The van der Waals surface area contributed by atoms with Crippen LogP contribution in [0.4, 0.5) is 4.39 Å². The summed E-state index contributed by atoms with van der Waals surface area (Å²) in [6.07, 6.45) is 1.65. The molecule has 0 aliphatic heterocycles. The van der Waals surface area contributed by atoms with Gasteiger partial charge < -0.3 is 9.73 Å². The van der Waals surface area contributed by atoms with Crippen LogP contribution in [0.25, 0.3) is 22.8 Å². The lowest BCUT2D eigenvalue weighted by Crippen LogP contribution is -2.27. The van der Waals surface area contributed by atoms with E-state index in [4.69, 9.17) is 4.42 Å². The molecule has 1 aromatic heterocycles. The zero-order valence-electron chi connectivity index (χ0n) is 16.1.